The highest BCUT2D eigenvalue weighted by Crippen LogP contribution is 2.30. The second kappa shape index (κ2) is 8.73. The van der Waals surface area contributed by atoms with Crippen LogP contribution in [0.2, 0.25) is 0 Å². The largest absolute Gasteiger partial charge is 0.438 e. The molecule has 2 heterocycles. The van der Waals surface area contributed by atoms with Gasteiger partial charge in [0.1, 0.15) is 12.1 Å². The summed E-state index contributed by atoms with van der Waals surface area (Å²) >= 11 is 0. The van der Waals surface area contributed by atoms with Crippen LogP contribution in [0.15, 0.2) is 67.1 Å². The number of alkyl halides is 3. The molecule has 4 aromatic rings. The van der Waals surface area contributed by atoms with E-state index in [0.29, 0.717) is 28.0 Å². The summed E-state index contributed by atoms with van der Waals surface area (Å²) in [7, 11) is 0. The fourth-order valence-corrected chi connectivity index (χ4v) is 3.18. The molecule has 0 aliphatic rings. The Kier molecular flexibility index (Phi) is 5.82. The Morgan fingerprint density at radius 3 is 2.33 bits per heavy atom. The van der Waals surface area contributed by atoms with Crippen molar-refractivity contribution >= 4 is 28.5 Å². The maximum atomic E-state index is 12.6. The van der Waals surface area contributed by atoms with Crippen LogP contribution in [0.3, 0.4) is 0 Å². The van der Waals surface area contributed by atoms with Crippen molar-refractivity contribution in [2.24, 2.45) is 0 Å². The third kappa shape index (κ3) is 5.00. The van der Waals surface area contributed by atoms with Gasteiger partial charge >= 0.3 is 6.18 Å². The first-order valence-electron chi connectivity index (χ1n) is 9.77. The first-order valence-corrected chi connectivity index (χ1v) is 9.77. The van der Waals surface area contributed by atoms with Crippen molar-refractivity contribution < 1.29 is 27.5 Å². The van der Waals surface area contributed by atoms with Crippen molar-refractivity contribution in [1.82, 2.24) is 14.5 Å². The molecule has 2 aromatic heterocycles. The number of hydrogen-bond donors (Lipinski definition) is 1. The van der Waals surface area contributed by atoms with Gasteiger partial charge in [-0.2, -0.15) is 13.2 Å². The van der Waals surface area contributed by atoms with Crippen LogP contribution < -0.4 is 10.1 Å². The lowest BCUT2D eigenvalue weighted by molar-refractivity contribution is -0.137. The quantitative estimate of drug-likeness (QED) is 0.454. The molecular weight excluding hydrogens is 437 g/mol. The number of fused-ring (bicyclic) bond motifs is 1. The Balaban J connectivity index is 1.40. The van der Waals surface area contributed by atoms with Crippen LogP contribution in [0, 0.1) is 0 Å². The minimum atomic E-state index is -4.42. The average molecular weight is 454 g/mol. The summed E-state index contributed by atoms with van der Waals surface area (Å²) in [5, 5.41) is 3.26. The number of carbonyl (C=O) groups is 2. The summed E-state index contributed by atoms with van der Waals surface area (Å²) in [4.78, 5) is 32.1. The number of anilines is 1. The lowest BCUT2D eigenvalue weighted by Crippen LogP contribution is -2.14. The Morgan fingerprint density at radius 1 is 1.00 bits per heavy atom. The molecule has 0 unspecified atom stereocenters. The number of halogens is 3. The highest BCUT2D eigenvalue weighted by atomic mass is 19.4. The van der Waals surface area contributed by atoms with Crippen LogP contribution in [0.4, 0.5) is 18.9 Å². The SMILES string of the molecule is CC(=O)n1ccc2c(Oc3ccc(NC(=O)Cc4ccc(C(F)(F)F)cc4)cc3)ncnc21. The van der Waals surface area contributed by atoms with E-state index in [2.05, 4.69) is 15.3 Å². The van der Waals surface area contributed by atoms with Crippen molar-refractivity contribution in [3.63, 3.8) is 0 Å². The number of benzene rings is 2. The molecule has 7 nitrogen and oxygen atoms in total. The van der Waals surface area contributed by atoms with Crippen LogP contribution in [-0.2, 0) is 17.4 Å². The summed E-state index contributed by atoms with van der Waals surface area (Å²) < 4.78 is 45.1. The van der Waals surface area contributed by atoms with Gasteiger partial charge in [0.05, 0.1) is 17.4 Å². The van der Waals surface area contributed by atoms with Crippen molar-refractivity contribution in [3.05, 3.63) is 78.2 Å². The van der Waals surface area contributed by atoms with Gasteiger partial charge in [-0.15, -0.1) is 0 Å². The minimum Gasteiger partial charge on any atom is -0.438 e. The Hall–Kier alpha value is -4.21. The Bertz CT molecular complexity index is 1310. The second-order valence-corrected chi connectivity index (χ2v) is 7.17. The Labute approximate surface area is 185 Å². The van der Waals surface area contributed by atoms with Gasteiger partial charge in [-0.25, -0.2) is 9.97 Å². The molecular formula is C23H17F3N4O3. The Morgan fingerprint density at radius 2 is 1.70 bits per heavy atom. The summed E-state index contributed by atoms with van der Waals surface area (Å²) in [6.45, 7) is 1.42. The highest BCUT2D eigenvalue weighted by Gasteiger charge is 2.30. The number of aromatic nitrogens is 3. The number of rotatable bonds is 5. The van der Waals surface area contributed by atoms with Crippen LogP contribution in [0.5, 0.6) is 11.6 Å². The lowest BCUT2D eigenvalue weighted by Gasteiger charge is -2.09. The second-order valence-electron chi connectivity index (χ2n) is 7.17. The molecule has 33 heavy (non-hydrogen) atoms. The molecule has 0 aliphatic carbocycles. The number of carbonyl (C=O) groups excluding carboxylic acids is 2. The van der Waals surface area contributed by atoms with E-state index in [1.807, 2.05) is 0 Å². The summed E-state index contributed by atoms with van der Waals surface area (Å²) in [6.07, 6.45) is -1.60. The van der Waals surface area contributed by atoms with Crippen molar-refractivity contribution in [2.45, 2.75) is 19.5 Å². The molecule has 2 aromatic carbocycles. The molecule has 0 aliphatic heterocycles. The zero-order chi connectivity index (χ0) is 23.6. The molecule has 0 spiro atoms. The monoisotopic (exact) mass is 454 g/mol. The number of amides is 1. The number of nitrogens with zero attached hydrogens (tertiary/aromatic N) is 3. The standard InChI is InChI=1S/C23H17F3N4O3/c1-14(31)30-11-10-19-21(30)27-13-28-22(19)33-18-8-6-17(7-9-18)29-20(32)12-15-2-4-16(5-3-15)23(24,25)26/h2-11,13H,12H2,1H3,(H,29,32). The third-order valence-electron chi connectivity index (χ3n) is 4.78. The molecule has 0 atom stereocenters. The predicted molar refractivity (Wildman–Crippen MR) is 114 cm³/mol. The number of hydrogen-bond acceptors (Lipinski definition) is 5. The molecule has 0 bridgehead atoms. The number of ether oxygens (including phenoxy) is 1. The molecule has 0 fully saturated rings. The van der Waals surface area contributed by atoms with Crippen LogP contribution in [-0.4, -0.2) is 26.3 Å². The van der Waals surface area contributed by atoms with Crippen molar-refractivity contribution in [2.75, 3.05) is 5.32 Å². The van der Waals surface area contributed by atoms with E-state index in [-0.39, 0.29) is 24.1 Å². The highest BCUT2D eigenvalue weighted by molar-refractivity contribution is 5.92. The van der Waals surface area contributed by atoms with E-state index in [0.717, 1.165) is 12.1 Å². The average Bonchev–Trinajstić information content (AvgIpc) is 3.20. The van der Waals surface area contributed by atoms with Gasteiger partial charge in [0.15, 0.2) is 5.65 Å². The number of nitrogens with one attached hydrogen (secondary N) is 1. The third-order valence-corrected chi connectivity index (χ3v) is 4.78. The summed E-state index contributed by atoms with van der Waals surface area (Å²) in [5.74, 6) is 0.169. The molecule has 168 valence electrons. The topological polar surface area (TPSA) is 86.1 Å². The fraction of sp³-hybridized carbons (Fsp3) is 0.130. The molecule has 0 saturated carbocycles. The zero-order valence-electron chi connectivity index (χ0n) is 17.3. The van der Waals surface area contributed by atoms with Gasteiger partial charge < -0.3 is 10.1 Å². The van der Waals surface area contributed by atoms with Gasteiger partial charge in [0.25, 0.3) is 0 Å². The zero-order valence-corrected chi connectivity index (χ0v) is 17.3. The molecule has 1 amide bonds. The molecule has 1 N–H and O–H groups in total. The van der Waals surface area contributed by atoms with Gasteiger partial charge in [0.2, 0.25) is 17.7 Å². The van der Waals surface area contributed by atoms with Gasteiger partial charge in [-0.3, -0.25) is 14.2 Å². The van der Waals surface area contributed by atoms with Crippen molar-refractivity contribution in [1.29, 1.82) is 0 Å². The van der Waals surface area contributed by atoms with E-state index >= 15 is 0 Å². The molecule has 4 rings (SSSR count). The van der Waals surface area contributed by atoms with E-state index in [4.69, 9.17) is 4.74 Å². The normalized spacial score (nSPS) is 11.4. The lowest BCUT2D eigenvalue weighted by atomic mass is 10.1. The molecule has 10 heteroatoms. The predicted octanol–water partition coefficient (Wildman–Crippen LogP) is 5.08. The molecule has 0 saturated heterocycles. The maximum Gasteiger partial charge on any atom is 0.416 e. The van der Waals surface area contributed by atoms with Crippen molar-refractivity contribution in [3.8, 4) is 11.6 Å². The van der Waals surface area contributed by atoms with E-state index < -0.39 is 11.7 Å². The van der Waals surface area contributed by atoms with Gasteiger partial charge in [-0.05, 0) is 48.0 Å². The maximum absolute atomic E-state index is 12.6. The smallest absolute Gasteiger partial charge is 0.416 e. The van der Waals surface area contributed by atoms with Crippen LogP contribution in [0.1, 0.15) is 22.8 Å². The van der Waals surface area contributed by atoms with E-state index in [9.17, 15) is 22.8 Å². The van der Waals surface area contributed by atoms with Crippen LogP contribution >= 0.6 is 0 Å². The van der Waals surface area contributed by atoms with Gasteiger partial charge in [0, 0.05) is 18.8 Å². The minimum absolute atomic E-state index is 0.0670. The van der Waals surface area contributed by atoms with Crippen LogP contribution in [0.25, 0.3) is 11.0 Å². The summed E-state index contributed by atoms with van der Waals surface area (Å²) in [6, 6.07) is 12.6. The van der Waals surface area contributed by atoms with E-state index in [1.165, 1.54) is 30.0 Å². The summed E-state index contributed by atoms with van der Waals surface area (Å²) in [5.41, 5.74) is 0.626. The fourth-order valence-electron chi connectivity index (χ4n) is 3.18. The molecule has 0 radical (unpaired) electrons. The first-order chi connectivity index (χ1) is 15.7. The van der Waals surface area contributed by atoms with E-state index in [1.54, 1.807) is 36.5 Å². The van der Waals surface area contributed by atoms with Gasteiger partial charge in [-0.1, -0.05) is 12.1 Å². The first kappa shape index (κ1) is 22.0.